The molecule has 1 N–H and O–H groups in total. The van der Waals surface area contributed by atoms with Crippen LogP contribution in [-0.4, -0.2) is 47.5 Å². The average Bonchev–Trinajstić information content (AvgIpc) is 2.56. The number of rotatable bonds is 5. The summed E-state index contributed by atoms with van der Waals surface area (Å²) in [6, 6.07) is 2.99. The third kappa shape index (κ3) is 4.91. The van der Waals surface area contributed by atoms with Gasteiger partial charge in [-0.1, -0.05) is 11.6 Å². The number of aromatic nitrogens is 1. The Hall–Kier alpha value is -1.66. The van der Waals surface area contributed by atoms with Gasteiger partial charge in [-0.25, -0.2) is 4.98 Å². The van der Waals surface area contributed by atoms with Gasteiger partial charge in [-0.05, 0) is 45.4 Å². The molecule has 0 bridgehead atoms. The van der Waals surface area contributed by atoms with Crippen molar-refractivity contribution in [2.75, 3.05) is 25.0 Å². The highest BCUT2D eigenvalue weighted by atomic mass is 35.5. The van der Waals surface area contributed by atoms with Gasteiger partial charge in [0.2, 0.25) is 5.91 Å². The number of hydrogen-bond acceptors (Lipinski definition) is 5. The smallest absolute Gasteiger partial charge is 0.310 e. The number of anilines is 1. The molecule has 0 saturated carbocycles. The van der Waals surface area contributed by atoms with Gasteiger partial charge < -0.3 is 10.1 Å². The van der Waals surface area contributed by atoms with Gasteiger partial charge in [0.25, 0.3) is 0 Å². The average molecular weight is 340 g/mol. The van der Waals surface area contributed by atoms with Crippen molar-refractivity contribution < 1.29 is 14.3 Å². The highest BCUT2D eigenvalue weighted by Gasteiger charge is 2.31. The van der Waals surface area contributed by atoms with E-state index in [2.05, 4.69) is 10.3 Å². The van der Waals surface area contributed by atoms with Crippen LogP contribution in [0.3, 0.4) is 0 Å². The molecule has 1 aliphatic rings. The Morgan fingerprint density at radius 2 is 2.30 bits per heavy atom. The number of hydrogen-bond donors (Lipinski definition) is 1. The first-order valence-corrected chi connectivity index (χ1v) is 8.22. The molecule has 2 atom stereocenters. The number of likely N-dealkylation sites (tertiary alicyclic amines) is 1. The molecular weight excluding hydrogens is 318 g/mol. The lowest BCUT2D eigenvalue weighted by atomic mass is 9.97. The minimum atomic E-state index is -0.343. The molecule has 126 valence electrons. The molecule has 2 heterocycles. The van der Waals surface area contributed by atoms with Crippen LogP contribution in [0.5, 0.6) is 0 Å². The molecule has 6 nitrogen and oxygen atoms in total. The van der Waals surface area contributed by atoms with E-state index in [1.54, 1.807) is 19.1 Å². The number of nitrogens with zero attached hydrogens (tertiary/aromatic N) is 2. The Labute approximate surface area is 141 Å². The molecule has 0 spiro atoms. The predicted molar refractivity (Wildman–Crippen MR) is 88.3 cm³/mol. The van der Waals surface area contributed by atoms with Crippen LogP contribution < -0.4 is 5.32 Å². The zero-order valence-corrected chi connectivity index (χ0v) is 14.2. The van der Waals surface area contributed by atoms with Crippen LogP contribution in [0.1, 0.15) is 26.7 Å². The van der Waals surface area contributed by atoms with Crippen molar-refractivity contribution in [1.82, 2.24) is 9.88 Å². The normalized spacial score (nSPS) is 19.9. The summed E-state index contributed by atoms with van der Waals surface area (Å²) >= 11 is 5.78. The van der Waals surface area contributed by atoms with Crippen molar-refractivity contribution in [2.24, 2.45) is 5.92 Å². The zero-order valence-electron chi connectivity index (χ0n) is 13.4. The lowest BCUT2D eigenvalue weighted by molar-refractivity contribution is -0.150. The molecule has 2 unspecified atom stereocenters. The lowest BCUT2D eigenvalue weighted by Crippen LogP contribution is -2.48. The predicted octanol–water partition coefficient (Wildman–Crippen LogP) is 2.34. The fourth-order valence-corrected chi connectivity index (χ4v) is 2.77. The fourth-order valence-electron chi connectivity index (χ4n) is 2.66. The maximum absolute atomic E-state index is 12.4. The molecule has 0 aromatic carbocycles. The molecule has 1 amide bonds. The van der Waals surface area contributed by atoms with E-state index >= 15 is 0 Å². The number of ether oxygens (including phenoxy) is 1. The second-order valence-electron chi connectivity index (χ2n) is 5.61. The molecular formula is C16H22ClN3O3. The van der Waals surface area contributed by atoms with Gasteiger partial charge >= 0.3 is 5.97 Å². The fraction of sp³-hybridized carbons (Fsp3) is 0.562. The highest BCUT2D eigenvalue weighted by Crippen LogP contribution is 2.20. The summed E-state index contributed by atoms with van der Waals surface area (Å²) < 4.78 is 5.09. The summed E-state index contributed by atoms with van der Waals surface area (Å²) in [5, 5.41) is 3.29. The molecule has 0 aliphatic carbocycles. The maximum Gasteiger partial charge on any atom is 0.310 e. The number of esters is 1. The SMILES string of the molecule is CCOC(=O)C1CCCN(C(C)C(=O)Nc2ccc(Cl)cn2)C1. The molecule has 1 fully saturated rings. The third-order valence-corrected chi connectivity index (χ3v) is 4.20. The van der Waals surface area contributed by atoms with E-state index in [1.807, 2.05) is 11.8 Å². The molecule has 7 heteroatoms. The van der Waals surface area contributed by atoms with E-state index in [9.17, 15) is 9.59 Å². The quantitative estimate of drug-likeness (QED) is 0.834. The maximum atomic E-state index is 12.4. The van der Waals surface area contributed by atoms with Crippen molar-refractivity contribution in [3.05, 3.63) is 23.4 Å². The lowest BCUT2D eigenvalue weighted by Gasteiger charge is -2.34. The van der Waals surface area contributed by atoms with Crippen LogP contribution in [-0.2, 0) is 14.3 Å². The van der Waals surface area contributed by atoms with Gasteiger partial charge in [0.15, 0.2) is 0 Å². The number of piperidine rings is 1. The number of amides is 1. The Bertz CT molecular complexity index is 550. The number of carbonyl (C=O) groups excluding carboxylic acids is 2. The van der Waals surface area contributed by atoms with Gasteiger partial charge in [-0.3, -0.25) is 14.5 Å². The van der Waals surface area contributed by atoms with Crippen LogP contribution in [0.15, 0.2) is 18.3 Å². The van der Waals surface area contributed by atoms with Crippen molar-refractivity contribution >= 4 is 29.3 Å². The topological polar surface area (TPSA) is 71.5 Å². The molecule has 0 radical (unpaired) electrons. The Morgan fingerprint density at radius 3 is 2.96 bits per heavy atom. The van der Waals surface area contributed by atoms with E-state index in [1.165, 1.54) is 6.20 Å². The Morgan fingerprint density at radius 1 is 1.52 bits per heavy atom. The molecule has 1 aromatic heterocycles. The summed E-state index contributed by atoms with van der Waals surface area (Å²) in [6.07, 6.45) is 3.17. The van der Waals surface area contributed by atoms with Crippen LogP contribution in [0.2, 0.25) is 5.02 Å². The van der Waals surface area contributed by atoms with E-state index in [0.29, 0.717) is 24.0 Å². The van der Waals surface area contributed by atoms with Gasteiger partial charge in [0.1, 0.15) is 5.82 Å². The number of nitrogens with one attached hydrogen (secondary N) is 1. The Kier molecular flexibility index (Phi) is 6.36. The number of pyridine rings is 1. The number of carbonyl (C=O) groups is 2. The highest BCUT2D eigenvalue weighted by molar-refractivity contribution is 6.30. The summed E-state index contributed by atoms with van der Waals surface area (Å²) in [6.45, 7) is 5.35. The Balaban J connectivity index is 1.93. The van der Waals surface area contributed by atoms with E-state index in [-0.39, 0.29) is 23.8 Å². The standard InChI is InChI=1S/C16H22ClN3O3/c1-3-23-16(22)12-5-4-8-20(10-12)11(2)15(21)19-14-7-6-13(17)9-18-14/h6-7,9,11-12H,3-5,8,10H2,1-2H3,(H,18,19,21). The van der Waals surface area contributed by atoms with Crippen molar-refractivity contribution in [2.45, 2.75) is 32.7 Å². The summed E-state index contributed by atoms with van der Waals surface area (Å²) in [5.74, 6) is -0.0219. The van der Waals surface area contributed by atoms with Gasteiger partial charge in [0, 0.05) is 12.7 Å². The monoisotopic (exact) mass is 339 g/mol. The van der Waals surface area contributed by atoms with E-state index < -0.39 is 0 Å². The van der Waals surface area contributed by atoms with Crippen molar-refractivity contribution in [3.8, 4) is 0 Å². The first-order chi connectivity index (χ1) is 11.0. The minimum Gasteiger partial charge on any atom is -0.466 e. The van der Waals surface area contributed by atoms with Gasteiger partial charge in [-0.2, -0.15) is 0 Å². The third-order valence-electron chi connectivity index (χ3n) is 3.98. The van der Waals surface area contributed by atoms with Gasteiger partial charge in [0.05, 0.1) is 23.6 Å². The second kappa shape index (κ2) is 8.26. The van der Waals surface area contributed by atoms with Crippen molar-refractivity contribution in [1.29, 1.82) is 0 Å². The van der Waals surface area contributed by atoms with E-state index in [4.69, 9.17) is 16.3 Å². The molecule has 1 saturated heterocycles. The molecule has 2 rings (SSSR count). The largest absolute Gasteiger partial charge is 0.466 e. The second-order valence-corrected chi connectivity index (χ2v) is 6.05. The van der Waals surface area contributed by atoms with Crippen LogP contribution in [0, 0.1) is 5.92 Å². The summed E-state index contributed by atoms with van der Waals surface area (Å²) in [4.78, 5) is 30.3. The minimum absolute atomic E-state index is 0.149. The zero-order chi connectivity index (χ0) is 16.8. The number of halogens is 1. The van der Waals surface area contributed by atoms with Gasteiger partial charge in [-0.15, -0.1) is 0 Å². The molecule has 1 aliphatic heterocycles. The van der Waals surface area contributed by atoms with Crippen LogP contribution in [0.25, 0.3) is 0 Å². The first-order valence-electron chi connectivity index (χ1n) is 7.84. The van der Waals surface area contributed by atoms with Crippen LogP contribution in [0.4, 0.5) is 5.82 Å². The van der Waals surface area contributed by atoms with Crippen LogP contribution >= 0.6 is 11.6 Å². The molecule has 1 aromatic rings. The van der Waals surface area contributed by atoms with E-state index in [0.717, 1.165) is 19.4 Å². The van der Waals surface area contributed by atoms with Crippen molar-refractivity contribution in [3.63, 3.8) is 0 Å². The summed E-state index contributed by atoms with van der Waals surface area (Å²) in [5.41, 5.74) is 0. The summed E-state index contributed by atoms with van der Waals surface area (Å²) in [7, 11) is 0. The first kappa shape index (κ1) is 17.7. The molecule has 23 heavy (non-hydrogen) atoms.